The Balaban J connectivity index is 0.000000867. The number of ether oxygens (including phenoxy) is 1. The smallest absolute Gasteiger partial charge is 0.490 e. The predicted molar refractivity (Wildman–Crippen MR) is 223 cm³/mol. The highest BCUT2D eigenvalue weighted by molar-refractivity contribution is 5.95. The summed E-state index contributed by atoms with van der Waals surface area (Å²) in [5.41, 5.74) is 5.69. The summed E-state index contributed by atoms with van der Waals surface area (Å²) in [6, 6.07) is 30.9. The van der Waals surface area contributed by atoms with Crippen LogP contribution in [0.1, 0.15) is 72.0 Å². The number of carboxylic acid groups (broad SMARTS) is 1. The molecule has 0 bridgehead atoms. The molecule has 0 aliphatic carbocycles. The van der Waals surface area contributed by atoms with Gasteiger partial charge in [0.1, 0.15) is 11.5 Å². The predicted octanol–water partition coefficient (Wildman–Crippen LogP) is 9.01. The van der Waals surface area contributed by atoms with E-state index in [-0.39, 0.29) is 17.6 Å². The molecule has 3 N–H and O–H groups in total. The number of benzene rings is 4. The summed E-state index contributed by atoms with van der Waals surface area (Å²) in [5, 5.41) is 20.3. The Labute approximate surface area is 344 Å². The molecule has 2 aliphatic heterocycles. The number of rotatable bonds is 14. The second-order valence-electron chi connectivity index (χ2n) is 15.2. The zero-order chi connectivity index (χ0) is 42.2. The van der Waals surface area contributed by atoms with Crippen LogP contribution in [0.5, 0.6) is 11.5 Å². The number of halogens is 3. The Morgan fingerprint density at radius 2 is 1.44 bits per heavy atom. The lowest BCUT2D eigenvalue weighted by molar-refractivity contribution is -0.192. The largest absolute Gasteiger partial charge is 0.508 e. The maximum atomic E-state index is 13.7. The molecule has 6 rings (SSSR count). The first-order chi connectivity index (χ1) is 28.4. The monoisotopic (exact) mass is 813 g/mol. The molecule has 59 heavy (non-hydrogen) atoms. The molecule has 2 saturated heterocycles. The number of likely N-dealkylation sites (tertiary alicyclic amines) is 1. The van der Waals surface area contributed by atoms with Crippen LogP contribution < -0.4 is 10.1 Å². The number of amides is 2. The van der Waals surface area contributed by atoms with Crippen molar-refractivity contribution in [1.29, 1.82) is 0 Å². The Morgan fingerprint density at radius 1 is 0.831 bits per heavy atom. The summed E-state index contributed by atoms with van der Waals surface area (Å²) in [6.45, 7) is 4.95. The number of alkyl halides is 3. The fourth-order valence-corrected chi connectivity index (χ4v) is 7.56. The molecule has 2 aliphatic rings. The van der Waals surface area contributed by atoms with Crippen LogP contribution >= 0.6 is 0 Å². The highest BCUT2D eigenvalue weighted by atomic mass is 19.4. The number of nitrogens with zero attached hydrogens (tertiary/aromatic N) is 2. The molecule has 314 valence electrons. The summed E-state index contributed by atoms with van der Waals surface area (Å²) < 4.78 is 37.0. The van der Waals surface area contributed by atoms with Crippen LogP contribution in [0.15, 0.2) is 103 Å². The van der Waals surface area contributed by atoms with Gasteiger partial charge in [0.25, 0.3) is 5.91 Å². The van der Waals surface area contributed by atoms with E-state index >= 15 is 0 Å². The molecule has 9 nitrogen and oxygen atoms in total. The van der Waals surface area contributed by atoms with Crippen molar-refractivity contribution in [1.82, 2.24) is 15.1 Å². The fourth-order valence-electron chi connectivity index (χ4n) is 7.56. The number of aliphatic carboxylic acids is 1. The van der Waals surface area contributed by atoms with Crippen molar-refractivity contribution in [2.75, 3.05) is 39.8 Å². The zero-order valence-corrected chi connectivity index (χ0v) is 33.5. The SMILES string of the molecule is COc1ccc(/C=C/C(=O)N(CCc2ccc(O)cc2)Cc2cccc(-c3cccc(C(=O)N4CCC(CCCC5CCNCC5)CC4)c3)c2)cc1.O=C(O)C(F)(F)F. The second-order valence-corrected chi connectivity index (χ2v) is 15.2. The van der Waals surface area contributed by atoms with E-state index in [1.54, 1.807) is 25.3 Å². The minimum atomic E-state index is -5.08. The van der Waals surface area contributed by atoms with E-state index in [9.17, 15) is 27.9 Å². The standard InChI is InChI=1S/C45H53N3O4.C2HF3O2/c1-52-43-18-13-36(14-19-43)15-20-44(50)48(30-25-37-11-16-42(49)17-12-37)33-38-7-3-8-39(31-38)40-9-4-10-41(32-40)45(51)47-28-23-35(24-29-47)6-2-5-34-21-26-46-27-22-34;3-2(4,5)1(6)7/h3-4,7-20,31-32,34-35,46,49H,2,5-6,21-30,33H2,1H3;(H,6,7)/b20-15+;. The van der Waals surface area contributed by atoms with E-state index in [4.69, 9.17) is 14.6 Å². The Morgan fingerprint density at radius 3 is 2.07 bits per heavy atom. The van der Waals surface area contributed by atoms with Gasteiger partial charge in [0.15, 0.2) is 0 Å². The van der Waals surface area contributed by atoms with Gasteiger partial charge in [-0.05, 0) is 133 Å². The molecule has 0 atom stereocenters. The third-order valence-electron chi connectivity index (χ3n) is 11.0. The second kappa shape index (κ2) is 21.9. The van der Waals surface area contributed by atoms with Crippen LogP contribution in [0.4, 0.5) is 13.2 Å². The number of phenols is 1. The summed E-state index contributed by atoms with van der Waals surface area (Å²) in [4.78, 5) is 40.0. The molecule has 2 heterocycles. The van der Waals surface area contributed by atoms with Crippen molar-refractivity contribution in [2.45, 2.75) is 64.1 Å². The molecule has 2 fully saturated rings. The average Bonchev–Trinajstić information content (AvgIpc) is 3.25. The number of phenolic OH excluding ortho intramolecular Hbond substituents is 1. The molecule has 0 radical (unpaired) electrons. The van der Waals surface area contributed by atoms with Gasteiger partial charge in [0.2, 0.25) is 5.91 Å². The highest BCUT2D eigenvalue weighted by Crippen LogP contribution is 2.28. The lowest BCUT2D eigenvalue weighted by Crippen LogP contribution is -2.38. The molecule has 0 saturated carbocycles. The zero-order valence-electron chi connectivity index (χ0n) is 33.5. The van der Waals surface area contributed by atoms with Crippen molar-refractivity contribution in [3.63, 3.8) is 0 Å². The first kappa shape index (κ1) is 44.5. The van der Waals surface area contributed by atoms with E-state index in [0.717, 1.165) is 76.9 Å². The number of aromatic hydroxyl groups is 1. The molecular formula is C47H54F3N3O6. The summed E-state index contributed by atoms with van der Waals surface area (Å²) in [6.07, 6.45) is 7.80. The quantitative estimate of drug-likeness (QED) is 0.109. The fraction of sp³-hybridized carbons (Fsp3) is 0.383. The van der Waals surface area contributed by atoms with E-state index in [2.05, 4.69) is 23.5 Å². The molecule has 0 spiro atoms. The molecule has 4 aromatic rings. The minimum absolute atomic E-state index is 0.0851. The van der Waals surface area contributed by atoms with Crippen LogP contribution in [0.25, 0.3) is 17.2 Å². The lowest BCUT2D eigenvalue weighted by Gasteiger charge is -2.32. The normalized spacial score (nSPS) is 15.0. The van der Waals surface area contributed by atoms with E-state index in [0.29, 0.717) is 19.5 Å². The van der Waals surface area contributed by atoms with Crippen molar-refractivity contribution < 1.29 is 42.5 Å². The van der Waals surface area contributed by atoms with E-state index in [1.807, 2.05) is 82.6 Å². The van der Waals surface area contributed by atoms with Crippen molar-refractivity contribution >= 4 is 23.9 Å². The van der Waals surface area contributed by atoms with Crippen LogP contribution in [0, 0.1) is 11.8 Å². The minimum Gasteiger partial charge on any atom is -0.508 e. The van der Waals surface area contributed by atoms with Crippen molar-refractivity contribution in [2.24, 2.45) is 11.8 Å². The third-order valence-corrected chi connectivity index (χ3v) is 11.0. The van der Waals surface area contributed by atoms with Crippen molar-refractivity contribution in [3.8, 4) is 22.6 Å². The van der Waals surface area contributed by atoms with Crippen LogP contribution in [-0.2, 0) is 22.6 Å². The Hall–Kier alpha value is -5.62. The number of hydrogen-bond donors (Lipinski definition) is 3. The number of carbonyl (C=O) groups is 3. The van der Waals surface area contributed by atoms with Gasteiger partial charge in [-0.3, -0.25) is 9.59 Å². The number of piperidine rings is 2. The number of carboxylic acids is 1. The van der Waals surface area contributed by atoms with Gasteiger partial charge in [-0.15, -0.1) is 0 Å². The highest BCUT2D eigenvalue weighted by Gasteiger charge is 2.38. The van der Waals surface area contributed by atoms with E-state index in [1.165, 1.54) is 45.2 Å². The molecule has 0 unspecified atom stereocenters. The summed E-state index contributed by atoms with van der Waals surface area (Å²) in [7, 11) is 1.63. The van der Waals surface area contributed by atoms with Gasteiger partial charge < -0.3 is 30.1 Å². The molecule has 4 aromatic carbocycles. The van der Waals surface area contributed by atoms with Gasteiger partial charge in [-0.1, -0.05) is 73.9 Å². The molecular weight excluding hydrogens is 760 g/mol. The van der Waals surface area contributed by atoms with Crippen LogP contribution in [-0.4, -0.2) is 83.8 Å². The number of carbonyl (C=O) groups excluding carboxylic acids is 2. The van der Waals surface area contributed by atoms with Crippen LogP contribution in [0.3, 0.4) is 0 Å². The molecule has 2 amide bonds. The maximum absolute atomic E-state index is 13.7. The summed E-state index contributed by atoms with van der Waals surface area (Å²) >= 11 is 0. The number of hydrogen-bond acceptors (Lipinski definition) is 6. The third kappa shape index (κ3) is 14.3. The van der Waals surface area contributed by atoms with Gasteiger partial charge >= 0.3 is 12.1 Å². The molecule has 12 heteroatoms. The van der Waals surface area contributed by atoms with E-state index < -0.39 is 12.1 Å². The molecule has 0 aromatic heterocycles. The maximum Gasteiger partial charge on any atom is 0.490 e. The average molecular weight is 814 g/mol. The summed E-state index contributed by atoms with van der Waals surface area (Å²) in [5.74, 6) is -0.124. The van der Waals surface area contributed by atoms with Gasteiger partial charge in [-0.25, -0.2) is 4.79 Å². The number of methoxy groups -OCH3 is 1. The Kier molecular flexibility index (Phi) is 16.5. The van der Waals surface area contributed by atoms with Crippen molar-refractivity contribution in [3.05, 3.63) is 125 Å². The van der Waals surface area contributed by atoms with Gasteiger partial charge in [0, 0.05) is 37.8 Å². The Bertz CT molecular complexity index is 1990. The first-order valence-electron chi connectivity index (χ1n) is 20.3. The number of nitrogens with one attached hydrogen (secondary N) is 1. The van der Waals surface area contributed by atoms with Gasteiger partial charge in [0.05, 0.1) is 7.11 Å². The van der Waals surface area contributed by atoms with Gasteiger partial charge in [-0.2, -0.15) is 13.2 Å². The first-order valence-corrected chi connectivity index (χ1v) is 20.3. The topological polar surface area (TPSA) is 119 Å². The van der Waals surface area contributed by atoms with Crippen LogP contribution in [0.2, 0.25) is 0 Å². The lowest BCUT2D eigenvalue weighted by atomic mass is 9.87.